The van der Waals surface area contributed by atoms with Crippen LogP contribution < -0.4 is 5.32 Å². The second-order valence-corrected chi connectivity index (χ2v) is 4.24. The lowest BCUT2D eigenvalue weighted by Gasteiger charge is -2.38. The van der Waals surface area contributed by atoms with E-state index in [1.54, 1.807) is 0 Å². The van der Waals surface area contributed by atoms with Gasteiger partial charge >= 0.3 is 0 Å². The third-order valence-electron chi connectivity index (χ3n) is 3.22. The average molecular weight is 219 g/mol. The van der Waals surface area contributed by atoms with E-state index in [0.29, 0.717) is 13.1 Å². The van der Waals surface area contributed by atoms with Gasteiger partial charge < -0.3 is 10.1 Å². The summed E-state index contributed by atoms with van der Waals surface area (Å²) in [6.45, 7) is 1.93. The SMILES string of the molecule is O=COCC1(c2ccccc2)CCCCN1. The monoisotopic (exact) mass is 219 g/mol. The fourth-order valence-corrected chi connectivity index (χ4v) is 2.35. The molecule has 0 aliphatic carbocycles. The van der Waals surface area contributed by atoms with Crippen LogP contribution in [0.5, 0.6) is 0 Å². The first kappa shape index (κ1) is 11.1. The molecule has 1 aromatic carbocycles. The van der Waals surface area contributed by atoms with E-state index in [1.165, 1.54) is 18.4 Å². The van der Waals surface area contributed by atoms with Crippen molar-refractivity contribution < 1.29 is 9.53 Å². The van der Waals surface area contributed by atoms with E-state index in [9.17, 15) is 4.79 Å². The van der Waals surface area contributed by atoms with Gasteiger partial charge in [0.2, 0.25) is 0 Å². The number of hydrogen-bond acceptors (Lipinski definition) is 3. The van der Waals surface area contributed by atoms with Gasteiger partial charge in [-0.1, -0.05) is 30.3 Å². The lowest BCUT2D eigenvalue weighted by Crippen LogP contribution is -2.49. The predicted octanol–water partition coefficient (Wildman–Crippen LogP) is 1.83. The van der Waals surface area contributed by atoms with Gasteiger partial charge in [-0.15, -0.1) is 0 Å². The van der Waals surface area contributed by atoms with E-state index in [4.69, 9.17) is 4.74 Å². The van der Waals surface area contributed by atoms with E-state index in [2.05, 4.69) is 17.4 Å². The normalized spacial score (nSPS) is 25.0. The highest BCUT2D eigenvalue weighted by molar-refractivity contribution is 5.38. The van der Waals surface area contributed by atoms with Crippen LogP contribution in [-0.2, 0) is 15.1 Å². The number of nitrogens with one attached hydrogen (secondary N) is 1. The van der Waals surface area contributed by atoms with E-state index in [0.717, 1.165) is 13.0 Å². The van der Waals surface area contributed by atoms with Crippen LogP contribution in [0.15, 0.2) is 30.3 Å². The van der Waals surface area contributed by atoms with Gasteiger partial charge in [-0.3, -0.25) is 4.79 Å². The van der Waals surface area contributed by atoms with Gasteiger partial charge in [0.25, 0.3) is 6.47 Å². The molecule has 0 spiro atoms. The molecule has 1 unspecified atom stereocenters. The Morgan fingerprint density at radius 2 is 2.12 bits per heavy atom. The minimum atomic E-state index is -0.180. The van der Waals surface area contributed by atoms with Crippen molar-refractivity contribution >= 4 is 6.47 Å². The molecule has 1 aliphatic rings. The van der Waals surface area contributed by atoms with Crippen molar-refractivity contribution in [1.82, 2.24) is 5.32 Å². The Hall–Kier alpha value is -1.35. The number of benzene rings is 1. The number of piperidine rings is 1. The molecule has 1 atom stereocenters. The molecule has 0 saturated carbocycles. The van der Waals surface area contributed by atoms with Crippen LogP contribution in [0, 0.1) is 0 Å². The van der Waals surface area contributed by atoms with E-state index in [1.807, 2.05) is 18.2 Å². The predicted molar refractivity (Wildman–Crippen MR) is 62.0 cm³/mol. The van der Waals surface area contributed by atoms with E-state index in [-0.39, 0.29) is 5.54 Å². The molecule has 3 heteroatoms. The van der Waals surface area contributed by atoms with Crippen molar-refractivity contribution in [3.63, 3.8) is 0 Å². The van der Waals surface area contributed by atoms with E-state index >= 15 is 0 Å². The summed E-state index contributed by atoms with van der Waals surface area (Å²) in [6, 6.07) is 10.2. The molecule has 1 N–H and O–H groups in total. The molecule has 1 fully saturated rings. The Morgan fingerprint density at radius 3 is 2.75 bits per heavy atom. The van der Waals surface area contributed by atoms with Crippen molar-refractivity contribution in [3.8, 4) is 0 Å². The molecule has 3 nitrogen and oxygen atoms in total. The zero-order chi connectivity index (χ0) is 11.3. The summed E-state index contributed by atoms with van der Waals surface area (Å²) in [5.74, 6) is 0. The fourth-order valence-electron chi connectivity index (χ4n) is 2.35. The minimum Gasteiger partial charge on any atom is -0.466 e. The van der Waals surface area contributed by atoms with Crippen molar-refractivity contribution in [2.45, 2.75) is 24.8 Å². The average Bonchev–Trinajstić information content (AvgIpc) is 2.38. The molecule has 0 radical (unpaired) electrons. The Labute approximate surface area is 95.8 Å². The molecule has 1 aromatic rings. The van der Waals surface area contributed by atoms with E-state index < -0.39 is 0 Å². The number of carbonyl (C=O) groups is 1. The number of carbonyl (C=O) groups excluding carboxylic acids is 1. The molecule has 86 valence electrons. The Bertz CT molecular complexity index is 331. The summed E-state index contributed by atoms with van der Waals surface area (Å²) >= 11 is 0. The lowest BCUT2D eigenvalue weighted by atomic mass is 9.83. The molecule has 1 heterocycles. The summed E-state index contributed by atoms with van der Waals surface area (Å²) < 4.78 is 4.99. The second-order valence-electron chi connectivity index (χ2n) is 4.24. The molecule has 1 aliphatic heterocycles. The van der Waals surface area contributed by atoms with Crippen molar-refractivity contribution in [3.05, 3.63) is 35.9 Å². The fraction of sp³-hybridized carbons (Fsp3) is 0.462. The van der Waals surface area contributed by atoms with Crippen LogP contribution >= 0.6 is 0 Å². The highest BCUT2D eigenvalue weighted by Crippen LogP contribution is 2.30. The first-order valence-corrected chi connectivity index (χ1v) is 5.73. The van der Waals surface area contributed by atoms with Crippen LogP contribution in [0.3, 0.4) is 0 Å². The maximum Gasteiger partial charge on any atom is 0.293 e. The first-order valence-electron chi connectivity index (χ1n) is 5.73. The van der Waals surface area contributed by atoms with Crippen LogP contribution in [0.1, 0.15) is 24.8 Å². The van der Waals surface area contributed by atoms with Gasteiger partial charge in [0.1, 0.15) is 6.61 Å². The summed E-state index contributed by atoms with van der Waals surface area (Å²) in [7, 11) is 0. The third-order valence-corrected chi connectivity index (χ3v) is 3.22. The summed E-state index contributed by atoms with van der Waals surface area (Å²) in [5.41, 5.74) is 1.03. The van der Waals surface area contributed by atoms with Gasteiger partial charge in [0.15, 0.2) is 0 Å². The van der Waals surface area contributed by atoms with Crippen LogP contribution in [0.25, 0.3) is 0 Å². The van der Waals surface area contributed by atoms with Crippen molar-refractivity contribution in [1.29, 1.82) is 0 Å². The van der Waals surface area contributed by atoms with Crippen LogP contribution in [0.2, 0.25) is 0 Å². The summed E-state index contributed by atoms with van der Waals surface area (Å²) in [4.78, 5) is 10.4. The molecule has 16 heavy (non-hydrogen) atoms. The van der Waals surface area contributed by atoms with Crippen LogP contribution in [-0.4, -0.2) is 19.6 Å². The zero-order valence-corrected chi connectivity index (χ0v) is 9.32. The van der Waals surface area contributed by atoms with Gasteiger partial charge in [0, 0.05) is 0 Å². The van der Waals surface area contributed by atoms with Gasteiger partial charge in [-0.2, -0.15) is 0 Å². The third kappa shape index (κ3) is 2.25. The van der Waals surface area contributed by atoms with Crippen molar-refractivity contribution in [2.75, 3.05) is 13.2 Å². The van der Waals surface area contributed by atoms with Gasteiger partial charge in [0.05, 0.1) is 5.54 Å². The summed E-state index contributed by atoms with van der Waals surface area (Å²) in [5, 5.41) is 3.50. The molecule has 0 bridgehead atoms. The summed E-state index contributed by atoms with van der Waals surface area (Å²) in [6.07, 6.45) is 3.38. The minimum absolute atomic E-state index is 0.180. The Morgan fingerprint density at radius 1 is 1.31 bits per heavy atom. The Balaban J connectivity index is 2.22. The topological polar surface area (TPSA) is 38.3 Å². The van der Waals surface area contributed by atoms with Gasteiger partial charge in [-0.25, -0.2) is 0 Å². The number of rotatable bonds is 4. The van der Waals surface area contributed by atoms with Crippen LogP contribution in [0.4, 0.5) is 0 Å². The molecule has 1 saturated heterocycles. The molecular weight excluding hydrogens is 202 g/mol. The lowest BCUT2D eigenvalue weighted by molar-refractivity contribution is -0.131. The Kier molecular flexibility index (Phi) is 3.57. The number of ether oxygens (including phenoxy) is 1. The highest BCUT2D eigenvalue weighted by atomic mass is 16.5. The molecular formula is C13H17NO2. The smallest absolute Gasteiger partial charge is 0.293 e. The molecule has 0 aromatic heterocycles. The van der Waals surface area contributed by atoms with Crippen molar-refractivity contribution in [2.24, 2.45) is 0 Å². The second kappa shape index (κ2) is 5.12. The maximum absolute atomic E-state index is 10.4. The maximum atomic E-state index is 10.4. The number of hydrogen-bond donors (Lipinski definition) is 1. The zero-order valence-electron chi connectivity index (χ0n) is 9.32. The van der Waals surface area contributed by atoms with Gasteiger partial charge in [-0.05, 0) is 31.4 Å². The molecule has 2 rings (SSSR count). The quantitative estimate of drug-likeness (QED) is 0.785. The first-order chi connectivity index (χ1) is 7.87. The largest absolute Gasteiger partial charge is 0.466 e. The highest BCUT2D eigenvalue weighted by Gasteiger charge is 2.34. The molecule has 0 amide bonds. The standard InChI is InChI=1S/C13H17NO2/c15-11-16-10-13(8-4-5-9-14-13)12-6-2-1-3-7-12/h1-3,6-7,11,14H,4-5,8-10H2.